The molecule has 2 rings (SSSR count). The summed E-state index contributed by atoms with van der Waals surface area (Å²) >= 11 is 0. The van der Waals surface area contributed by atoms with Crippen molar-refractivity contribution >= 4 is 11.0 Å². The van der Waals surface area contributed by atoms with Gasteiger partial charge in [0, 0.05) is 0 Å². The molecule has 2 nitrogen and oxygen atoms in total. The van der Waals surface area contributed by atoms with E-state index in [0.29, 0.717) is 0 Å². The summed E-state index contributed by atoms with van der Waals surface area (Å²) < 4.78 is 11.0. The van der Waals surface area contributed by atoms with Crippen LogP contribution in [0.15, 0.2) is 34.9 Å². The Morgan fingerprint density at radius 1 is 1.20 bits per heavy atom. The summed E-state index contributed by atoms with van der Waals surface area (Å²) in [6.45, 7) is 2.98. The van der Waals surface area contributed by atoms with Crippen LogP contribution in [0.3, 0.4) is 0 Å². The predicted molar refractivity (Wildman–Crippen MR) is 61.2 cm³/mol. The molecule has 2 aromatic rings. The SMILES string of the molecule is CCCCCOc1cccc2occc12. The van der Waals surface area contributed by atoms with Crippen molar-refractivity contribution in [3.63, 3.8) is 0 Å². The second kappa shape index (κ2) is 4.87. The molecule has 0 unspecified atom stereocenters. The number of ether oxygens (including phenoxy) is 1. The third-order valence-corrected chi connectivity index (χ3v) is 2.46. The van der Waals surface area contributed by atoms with Gasteiger partial charge >= 0.3 is 0 Å². The molecule has 0 aliphatic heterocycles. The van der Waals surface area contributed by atoms with Crippen molar-refractivity contribution in [3.05, 3.63) is 30.5 Å². The molecule has 0 amide bonds. The third kappa shape index (κ3) is 2.32. The fourth-order valence-corrected chi connectivity index (χ4v) is 1.63. The maximum atomic E-state index is 5.72. The minimum Gasteiger partial charge on any atom is -0.493 e. The van der Waals surface area contributed by atoms with Gasteiger partial charge in [0.1, 0.15) is 11.3 Å². The van der Waals surface area contributed by atoms with Gasteiger partial charge in [0.15, 0.2) is 0 Å². The lowest BCUT2D eigenvalue weighted by atomic mass is 10.2. The van der Waals surface area contributed by atoms with E-state index < -0.39 is 0 Å². The topological polar surface area (TPSA) is 22.4 Å². The van der Waals surface area contributed by atoms with Gasteiger partial charge in [0.25, 0.3) is 0 Å². The Balaban J connectivity index is 2.04. The van der Waals surface area contributed by atoms with Crippen LogP contribution in [0.2, 0.25) is 0 Å². The van der Waals surface area contributed by atoms with Crippen molar-refractivity contribution in [1.29, 1.82) is 0 Å². The van der Waals surface area contributed by atoms with Crippen LogP contribution in [-0.2, 0) is 0 Å². The van der Waals surface area contributed by atoms with Crippen molar-refractivity contribution in [2.24, 2.45) is 0 Å². The molecular formula is C13H16O2. The Hall–Kier alpha value is -1.44. The molecule has 0 spiro atoms. The van der Waals surface area contributed by atoms with Crippen LogP contribution in [-0.4, -0.2) is 6.61 Å². The van der Waals surface area contributed by atoms with Crippen LogP contribution in [0, 0.1) is 0 Å². The molecular weight excluding hydrogens is 188 g/mol. The average Bonchev–Trinajstić information content (AvgIpc) is 2.73. The number of benzene rings is 1. The molecule has 1 aromatic carbocycles. The first-order valence-electron chi connectivity index (χ1n) is 5.51. The van der Waals surface area contributed by atoms with Gasteiger partial charge in [-0.3, -0.25) is 0 Å². The first kappa shape index (κ1) is 10.1. The zero-order chi connectivity index (χ0) is 10.5. The number of hydrogen-bond donors (Lipinski definition) is 0. The van der Waals surface area contributed by atoms with Gasteiger partial charge in [0.05, 0.1) is 18.3 Å². The maximum absolute atomic E-state index is 5.72. The van der Waals surface area contributed by atoms with Gasteiger partial charge in [-0.15, -0.1) is 0 Å². The summed E-state index contributed by atoms with van der Waals surface area (Å²) in [4.78, 5) is 0. The third-order valence-electron chi connectivity index (χ3n) is 2.46. The predicted octanol–water partition coefficient (Wildman–Crippen LogP) is 4.00. The molecule has 0 fully saturated rings. The van der Waals surface area contributed by atoms with Crippen LogP contribution in [0.25, 0.3) is 11.0 Å². The molecule has 1 aromatic heterocycles. The number of furan rings is 1. The van der Waals surface area contributed by atoms with Crippen LogP contribution in [0.1, 0.15) is 26.2 Å². The number of fused-ring (bicyclic) bond motifs is 1. The molecule has 0 N–H and O–H groups in total. The van der Waals surface area contributed by atoms with Gasteiger partial charge in [-0.05, 0) is 24.6 Å². The van der Waals surface area contributed by atoms with Crippen molar-refractivity contribution in [2.45, 2.75) is 26.2 Å². The molecule has 1 heterocycles. The lowest BCUT2D eigenvalue weighted by Gasteiger charge is -2.05. The fourth-order valence-electron chi connectivity index (χ4n) is 1.63. The summed E-state index contributed by atoms with van der Waals surface area (Å²) in [5, 5.41) is 1.06. The highest BCUT2D eigenvalue weighted by molar-refractivity contribution is 5.83. The van der Waals surface area contributed by atoms with E-state index in [0.717, 1.165) is 29.7 Å². The van der Waals surface area contributed by atoms with Crippen molar-refractivity contribution in [1.82, 2.24) is 0 Å². The quantitative estimate of drug-likeness (QED) is 0.687. The Labute approximate surface area is 89.8 Å². The van der Waals surface area contributed by atoms with Crippen molar-refractivity contribution < 1.29 is 9.15 Å². The largest absolute Gasteiger partial charge is 0.493 e. The average molecular weight is 204 g/mol. The Morgan fingerprint density at radius 2 is 2.13 bits per heavy atom. The Kier molecular flexibility index (Phi) is 3.28. The second-order valence-electron chi connectivity index (χ2n) is 3.64. The zero-order valence-electron chi connectivity index (χ0n) is 9.03. The molecule has 80 valence electrons. The van der Waals surface area contributed by atoms with E-state index in [1.807, 2.05) is 24.3 Å². The number of hydrogen-bond acceptors (Lipinski definition) is 2. The summed E-state index contributed by atoms with van der Waals surface area (Å²) in [7, 11) is 0. The molecule has 0 radical (unpaired) electrons. The van der Waals surface area contributed by atoms with E-state index in [9.17, 15) is 0 Å². The highest BCUT2D eigenvalue weighted by atomic mass is 16.5. The van der Waals surface area contributed by atoms with Crippen molar-refractivity contribution in [3.8, 4) is 5.75 Å². The smallest absolute Gasteiger partial charge is 0.137 e. The lowest BCUT2D eigenvalue weighted by Crippen LogP contribution is -1.96. The van der Waals surface area contributed by atoms with Crippen LogP contribution in [0.5, 0.6) is 5.75 Å². The minimum atomic E-state index is 0.790. The monoisotopic (exact) mass is 204 g/mol. The number of unbranched alkanes of at least 4 members (excludes halogenated alkanes) is 2. The highest BCUT2D eigenvalue weighted by Crippen LogP contribution is 2.26. The normalized spacial score (nSPS) is 10.7. The van der Waals surface area contributed by atoms with Gasteiger partial charge in [-0.1, -0.05) is 25.8 Å². The Bertz CT molecular complexity index is 417. The lowest BCUT2D eigenvalue weighted by molar-refractivity contribution is 0.309. The maximum Gasteiger partial charge on any atom is 0.137 e. The standard InChI is InChI=1S/C13H16O2/c1-2-3-4-9-14-12-6-5-7-13-11(12)8-10-15-13/h5-8,10H,2-4,9H2,1H3. The molecule has 0 atom stereocenters. The number of rotatable bonds is 5. The summed E-state index contributed by atoms with van der Waals surface area (Å²) in [6, 6.07) is 7.85. The minimum absolute atomic E-state index is 0.790. The molecule has 0 aliphatic carbocycles. The van der Waals surface area contributed by atoms with Crippen molar-refractivity contribution in [2.75, 3.05) is 6.61 Å². The molecule has 0 bridgehead atoms. The first-order valence-corrected chi connectivity index (χ1v) is 5.51. The summed E-state index contributed by atoms with van der Waals surface area (Å²) in [5.41, 5.74) is 0.892. The molecule has 2 heteroatoms. The first-order chi connectivity index (χ1) is 7.42. The highest BCUT2D eigenvalue weighted by Gasteiger charge is 2.03. The zero-order valence-corrected chi connectivity index (χ0v) is 9.03. The van der Waals surface area contributed by atoms with E-state index in [2.05, 4.69) is 6.92 Å². The van der Waals surface area contributed by atoms with Gasteiger partial charge in [0.2, 0.25) is 0 Å². The van der Waals surface area contributed by atoms with E-state index in [-0.39, 0.29) is 0 Å². The second-order valence-corrected chi connectivity index (χ2v) is 3.64. The Morgan fingerprint density at radius 3 is 3.00 bits per heavy atom. The molecule has 0 saturated heterocycles. The van der Waals surface area contributed by atoms with Crippen LogP contribution in [0.4, 0.5) is 0 Å². The van der Waals surface area contributed by atoms with E-state index in [4.69, 9.17) is 9.15 Å². The van der Waals surface area contributed by atoms with Gasteiger partial charge in [-0.25, -0.2) is 0 Å². The van der Waals surface area contributed by atoms with Crippen LogP contribution < -0.4 is 4.74 Å². The molecule has 15 heavy (non-hydrogen) atoms. The van der Waals surface area contributed by atoms with E-state index in [1.54, 1.807) is 6.26 Å². The summed E-state index contributed by atoms with van der Waals surface area (Å²) in [6.07, 6.45) is 5.26. The molecule has 0 aliphatic rings. The van der Waals surface area contributed by atoms with E-state index >= 15 is 0 Å². The van der Waals surface area contributed by atoms with Gasteiger partial charge < -0.3 is 9.15 Å². The molecule has 0 saturated carbocycles. The fraction of sp³-hybridized carbons (Fsp3) is 0.385. The van der Waals surface area contributed by atoms with E-state index in [1.165, 1.54) is 12.8 Å². The van der Waals surface area contributed by atoms with Gasteiger partial charge in [-0.2, -0.15) is 0 Å². The summed E-state index contributed by atoms with van der Waals surface area (Å²) in [5.74, 6) is 0.928. The van der Waals surface area contributed by atoms with Crippen LogP contribution >= 0.6 is 0 Å².